The highest BCUT2D eigenvalue weighted by Gasteiger charge is 2.35. The van der Waals surface area contributed by atoms with Crippen LogP contribution in [-0.2, 0) is 9.53 Å². The average Bonchev–Trinajstić information content (AvgIpc) is 2.91. The third-order valence-electron chi connectivity index (χ3n) is 3.91. The lowest BCUT2D eigenvalue weighted by molar-refractivity contribution is -0.119. The number of anilines is 1. The topological polar surface area (TPSA) is 92.8 Å². The van der Waals surface area contributed by atoms with Crippen LogP contribution < -0.4 is 5.32 Å². The minimum absolute atomic E-state index is 0.0860. The molecule has 1 aliphatic rings. The number of hydrogen-bond donors (Lipinski definition) is 1. The quantitative estimate of drug-likeness (QED) is 0.482. The van der Waals surface area contributed by atoms with Gasteiger partial charge in [-0.05, 0) is 30.3 Å². The number of carbonyl (C=O) groups excluding carboxylic acids is 4. The Labute approximate surface area is 155 Å². The second kappa shape index (κ2) is 7.65. The fourth-order valence-corrected chi connectivity index (χ4v) is 2.65. The summed E-state index contributed by atoms with van der Waals surface area (Å²) in [6.07, 6.45) is 1.45. The summed E-state index contributed by atoms with van der Waals surface area (Å²) in [7, 11) is 0. The summed E-state index contributed by atoms with van der Waals surface area (Å²) in [4.78, 5) is 49.5. The van der Waals surface area contributed by atoms with Gasteiger partial charge < -0.3 is 10.1 Å². The van der Waals surface area contributed by atoms with E-state index in [1.54, 1.807) is 24.3 Å². The molecule has 7 nitrogen and oxygen atoms in total. The highest BCUT2D eigenvalue weighted by atomic mass is 16.5. The Hall–Kier alpha value is -3.74. The van der Waals surface area contributed by atoms with E-state index < -0.39 is 30.3 Å². The second-order valence-corrected chi connectivity index (χ2v) is 5.76. The fraction of sp³-hybridized carbons (Fsp3) is 0.100. The van der Waals surface area contributed by atoms with Crippen molar-refractivity contribution in [2.45, 2.75) is 0 Å². The van der Waals surface area contributed by atoms with Gasteiger partial charge in [-0.1, -0.05) is 24.3 Å². The second-order valence-electron chi connectivity index (χ2n) is 5.76. The number of hydrogen-bond acceptors (Lipinski definition) is 5. The van der Waals surface area contributed by atoms with Crippen LogP contribution in [0.3, 0.4) is 0 Å². The monoisotopic (exact) mass is 364 g/mol. The summed E-state index contributed by atoms with van der Waals surface area (Å²) in [5, 5.41) is 2.59. The Morgan fingerprint density at radius 3 is 2.44 bits per heavy atom. The zero-order valence-corrected chi connectivity index (χ0v) is 14.3. The highest BCUT2D eigenvalue weighted by molar-refractivity contribution is 6.22. The Bertz CT molecular complexity index is 937. The number of benzene rings is 2. The largest absolute Gasteiger partial charge is 0.452 e. The van der Waals surface area contributed by atoms with Crippen molar-refractivity contribution >= 4 is 29.4 Å². The van der Waals surface area contributed by atoms with Crippen LogP contribution in [0.15, 0.2) is 61.2 Å². The van der Waals surface area contributed by atoms with Gasteiger partial charge in [-0.3, -0.25) is 19.3 Å². The standard InChI is InChI=1S/C20H16N2O5/c1-2-10-22-18(24)15-9-8-13(11-16(15)19(22)25)20(26)27-12-17(23)21-14-6-4-3-5-7-14/h2-9,11H,1,10,12H2,(H,21,23). The molecule has 0 aromatic heterocycles. The maximum atomic E-state index is 12.3. The zero-order chi connectivity index (χ0) is 19.4. The molecule has 1 N–H and O–H groups in total. The fourth-order valence-electron chi connectivity index (χ4n) is 2.65. The van der Waals surface area contributed by atoms with Gasteiger partial charge >= 0.3 is 5.97 Å². The first-order valence-electron chi connectivity index (χ1n) is 8.14. The van der Waals surface area contributed by atoms with Crippen LogP contribution in [0.25, 0.3) is 0 Å². The Balaban J connectivity index is 1.65. The molecular weight excluding hydrogens is 348 g/mol. The summed E-state index contributed by atoms with van der Waals surface area (Å²) in [5.41, 5.74) is 1.02. The molecule has 27 heavy (non-hydrogen) atoms. The van der Waals surface area contributed by atoms with Crippen molar-refractivity contribution in [2.75, 3.05) is 18.5 Å². The lowest BCUT2D eigenvalue weighted by atomic mass is 10.1. The van der Waals surface area contributed by atoms with Gasteiger partial charge in [0.05, 0.1) is 16.7 Å². The van der Waals surface area contributed by atoms with Gasteiger partial charge in [0.25, 0.3) is 17.7 Å². The van der Waals surface area contributed by atoms with Crippen LogP contribution in [0.4, 0.5) is 5.69 Å². The summed E-state index contributed by atoms with van der Waals surface area (Å²) in [6.45, 7) is 3.13. The van der Waals surface area contributed by atoms with E-state index >= 15 is 0 Å². The van der Waals surface area contributed by atoms with Crippen molar-refractivity contribution in [3.63, 3.8) is 0 Å². The van der Waals surface area contributed by atoms with Gasteiger partial charge in [-0.15, -0.1) is 6.58 Å². The SMILES string of the molecule is C=CCN1C(=O)c2ccc(C(=O)OCC(=O)Nc3ccccc3)cc2C1=O. The van der Waals surface area contributed by atoms with Crippen molar-refractivity contribution in [2.24, 2.45) is 0 Å². The smallest absolute Gasteiger partial charge is 0.338 e. The van der Waals surface area contributed by atoms with Gasteiger partial charge in [0.1, 0.15) is 0 Å². The molecule has 0 saturated carbocycles. The molecule has 0 bridgehead atoms. The van der Waals surface area contributed by atoms with Crippen LogP contribution in [0.1, 0.15) is 31.1 Å². The number of amides is 3. The summed E-state index contributed by atoms with van der Waals surface area (Å²) in [5.74, 6) is -2.18. The number of imide groups is 1. The number of fused-ring (bicyclic) bond motifs is 1. The maximum Gasteiger partial charge on any atom is 0.338 e. The lowest BCUT2D eigenvalue weighted by Crippen LogP contribution is -2.29. The molecule has 3 amide bonds. The number of rotatable bonds is 6. The van der Waals surface area contributed by atoms with Gasteiger partial charge in [0, 0.05) is 12.2 Å². The van der Waals surface area contributed by atoms with E-state index in [-0.39, 0.29) is 23.2 Å². The molecule has 136 valence electrons. The third-order valence-corrected chi connectivity index (χ3v) is 3.91. The number of para-hydroxylation sites is 1. The average molecular weight is 364 g/mol. The Kier molecular flexibility index (Phi) is 5.12. The Morgan fingerprint density at radius 2 is 1.74 bits per heavy atom. The molecule has 1 aliphatic heterocycles. The molecule has 0 radical (unpaired) electrons. The normalized spacial score (nSPS) is 12.5. The molecule has 0 atom stereocenters. The minimum atomic E-state index is -0.761. The lowest BCUT2D eigenvalue weighted by Gasteiger charge is -2.09. The number of nitrogens with zero attached hydrogens (tertiary/aromatic N) is 1. The number of esters is 1. The predicted octanol–water partition coefficient (Wildman–Crippen LogP) is 2.26. The predicted molar refractivity (Wildman–Crippen MR) is 97.4 cm³/mol. The molecule has 0 aliphatic carbocycles. The molecule has 2 aromatic rings. The van der Waals surface area contributed by atoms with Crippen LogP contribution in [0.5, 0.6) is 0 Å². The maximum absolute atomic E-state index is 12.3. The van der Waals surface area contributed by atoms with Gasteiger partial charge in [0.15, 0.2) is 6.61 Å². The summed E-state index contributed by atoms with van der Waals surface area (Å²) in [6, 6.07) is 12.8. The summed E-state index contributed by atoms with van der Waals surface area (Å²) >= 11 is 0. The molecule has 2 aromatic carbocycles. The first kappa shape index (κ1) is 18.1. The van der Waals surface area contributed by atoms with Crippen molar-refractivity contribution in [3.8, 4) is 0 Å². The van der Waals surface area contributed by atoms with Crippen LogP contribution in [0, 0.1) is 0 Å². The van der Waals surface area contributed by atoms with E-state index in [1.807, 2.05) is 6.07 Å². The van der Waals surface area contributed by atoms with Crippen molar-refractivity contribution in [1.29, 1.82) is 0 Å². The molecular formula is C20H16N2O5. The molecule has 0 spiro atoms. The molecule has 7 heteroatoms. The third kappa shape index (κ3) is 3.77. The van der Waals surface area contributed by atoms with Crippen molar-refractivity contribution in [1.82, 2.24) is 4.90 Å². The molecule has 3 rings (SSSR count). The van der Waals surface area contributed by atoms with E-state index in [1.165, 1.54) is 24.3 Å². The Morgan fingerprint density at radius 1 is 1.04 bits per heavy atom. The van der Waals surface area contributed by atoms with Gasteiger partial charge in [-0.25, -0.2) is 4.79 Å². The van der Waals surface area contributed by atoms with Crippen LogP contribution in [-0.4, -0.2) is 41.7 Å². The van der Waals surface area contributed by atoms with Crippen molar-refractivity contribution < 1.29 is 23.9 Å². The van der Waals surface area contributed by atoms with Gasteiger partial charge in [-0.2, -0.15) is 0 Å². The van der Waals surface area contributed by atoms with Gasteiger partial charge in [0.2, 0.25) is 0 Å². The van der Waals surface area contributed by atoms with E-state index in [0.29, 0.717) is 5.69 Å². The van der Waals surface area contributed by atoms with Crippen molar-refractivity contribution in [3.05, 3.63) is 77.9 Å². The van der Waals surface area contributed by atoms with E-state index in [0.717, 1.165) is 4.90 Å². The molecule has 1 heterocycles. The van der Waals surface area contributed by atoms with Crippen LogP contribution >= 0.6 is 0 Å². The number of nitrogens with one attached hydrogen (secondary N) is 1. The minimum Gasteiger partial charge on any atom is -0.452 e. The molecule has 0 saturated heterocycles. The molecule has 0 unspecified atom stereocenters. The zero-order valence-electron chi connectivity index (χ0n) is 14.3. The number of ether oxygens (including phenoxy) is 1. The summed E-state index contributed by atoms with van der Waals surface area (Å²) < 4.78 is 4.98. The van der Waals surface area contributed by atoms with E-state index in [4.69, 9.17) is 4.74 Å². The highest BCUT2D eigenvalue weighted by Crippen LogP contribution is 2.24. The van der Waals surface area contributed by atoms with E-state index in [2.05, 4.69) is 11.9 Å². The first-order chi connectivity index (χ1) is 13.0. The van der Waals surface area contributed by atoms with Crippen LogP contribution in [0.2, 0.25) is 0 Å². The number of carbonyl (C=O) groups is 4. The molecule has 0 fully saturated rings. The van der Waals surface area contributed by atoms with E-state index in [9.17, 15) is 19.2 Å². The first-order valence-corrected chi connectivity index (χ1v) is 8.14.